The second-order valence-electron chi connectivity index (χ2n) is 4.13. The molecule has 0 aliphatic heterocycles. The summed E-state index contributed by atoms with van der Waals surface area (Å²) < 4.78 is 22.5. The maximum Gasteiger partial charge on any atom is 0.153 e. The molecule has 0 aromatic carbocycles. The van der Waals surface area contributed by atoms with E-state index in [1.165, 1.54) is 11.1 Å². The number of halogens is 1. The molecule has 0 aliphatic carbocycles. The Morgan fingerprint density at radius 3 is 2.53 bits per heavy atom. The molecule has 0 N–H and O–H groups in total. The van der Waals surface area contributed by atoms with Crippen LogP contribution in [-0.4, -0.2) is 24.2 Å². The Hall–Kier alpha value is 0.130. The highest BCUT2D eigenvalue weighted by Gasteiger charge is 2.37. The summed E-state index contributed by atoms with van der Waals surface area (Å²) in [6, 6.07) is 4.00. The minimum Gasteiger partial charge on any atom is -0.229 e. The molecular formula is C10H15BrO2S2. The lowest BCUT2D eigenvalue weighted by Gasteiger charge is -2.28. The summed E-state index contributed by atoms with van der Waals surface area (Å²) in [6.45, 7) is 3.52. The average Bonchev–Trinajstić information content (AvgIpc) is 2.54. The molecule has 1 aromatic heterocycles. The lowest BCUT2D eigenvalue weighted by atomic mass is 10.1. The molecule has 1 atom stereocenters. The zero-order valence-corrected chi connectivity index (χ0v) is 12.2. The number of alkyl halides is 1. The molecule has 86 valence electrons. The van der Waals surface area contributed by atoms with Gasteiger partial charge in [0.15, 0.2) is 9.84 Å². The molecule has 0 aliphatic rings. The number of thiophene rings is 1. The monoisotopic (exact) mass is 310 g/mol. The van der Waals surface area contributed by atoms with Gasteiger partial charge in [0.2, 0.25) is 0 Å². The van der Waals surface area contributed by atoms with E-state index in [4.69, 9.17) is 0 Å². The maximum absolute atomic E-state index is 11.6. The number of hydrogen-bond acceptors (Lipinski definition) is 3. The molecule has 0 saturated heterocycles. The van der Waals surface area contributed by atoms with Crippen molar-refractivity contribution in [1.29, 1.82) is 0 Å². The topological polar surface area (TPSA) is 34.1 Å². The van der Waals surface area contributed by atoms with Crippen molar-refractivity contribution in [2.75, 3.05) is 6.26 Å². The fraction of sp³-hybridized carbons (Fsp3) is 0.600. The van der Waals surface area contributed by atoms with E-state index >= 15 is 0 Å². The van der Waals surface area contributed by atoms with Gasteiger partial charge in [0.1, 0.15) is 0 Å². The fourth-order valence-corrected chi connectivity index (χ4v) is 3.96. The van der Waals surface area contributed by atoms with Gasteiger partial charge in [-0.2, -0.15) is 0 Å². The predicted molar refractivity (Wildman–Crippen MR) is 69.7 cm³/mol. The third-order valence-corrected chi connectivity index (χ3v) is 7.54. The minimum atomic E-state index is -3.05. The van der Waals surface area contributed by atoms with Crippen molar-refractivity contribution < 1.29 is 8.42 Å². The first-order chi connectivity index (χ1) is 6.75. The first-order valence-electron chi connectivity index (χ1n) is 4.61. The van der Waals surface area contributed by atoms with Crippen molar-refractivity contribution in [3.8, 4) is 0 Å². The molecule has 5 heteroatoms. The van der Waals surface area contributed by atoms with Crippen LogP contribution in [0.15, 0.2) is 17.5 Å². The highest BCUT2D eigenvalue weighted by atomic mass is 79.9. The van der Waals surface area contributed by atoms with Crippen LogP contribution in [0, 0.1) is 0 Å². The van der Waals surface area contributed by atoms with Crippen LogP contribution in [0.3, 0.4) is 0 Å². The first kappa shape index (κ1) is 13.2. The largest absolute Gasteiger partial charge is 0.229 e. The van der Waals surface area contributed by atoms with Gasteiger partial charge in [0, 0.05) is 16.0 Å². The molecule has 1 rings (SSSR count). The fourth-order valence-electron chi connectivity index (χ4n) is 1.08. The number of rotatable bonds is 4. The molecule has 0 fully saturated rings. The zero-order valence-electron chi connectivity index (χ0n) is 9.03. The first-order valence-corrected chi connectivity index (χ1v) is 8.30. The zero-order chi connectivity index (χ0) is 11.7. The highest BCUT2D eigenvalue weighted by Crippen LogP contribution is 2.29. The summed E-state index contributed by atoms with van der Waals surface area (Å²) in [4.78, 5) is 1.15. The van der Waals surface area contributed by atoms with Gasteiger partial charge in [-0.15, -0.1) is 11.3 Å². The molecule has 0 spiro atoms. The lowest BCUT2D eigenvalue weighted by molar-refractivity contribution is 0.543. The van der Waals surface area contributed by atoms with Gasteiger partial charge in [-0.1, -0.05) is 22.0 Å². The molecule has 15 heavy (non-hydrogen) atoms. The summed E-state index contributed by atoms with van der Waals surface area (Å²) in [5.74, 6) is 0. The van der Waals surface area contributed by atoms with E-state index in [1.807, 2.05) is 17.5 Å². The molecule has 0 amide bonds. The summed E-state index contributed by atoms with van der Waals surface area (Å²) in [5.41, 5.74) is 0. The highest BCUT2D eigenvalue weighted by molar-refractivity contribution is 9.09. The SMILES string of the molecule is CC(C)(C(Br)Cc1cccs1)S(C)(=O)=O. The molecule has 1 heterocycles. The van der Waals surface area contributed by atoms with Crippen LogP contribution in [-0.2, 0) is 16.3 Å². The average molecular weight is 311 g/mol. The minimum absolute atomic E-state index is 0.0568. The quantitative estimate of drug-likeness (QED) is 0.801. The van der Waals surface area contributed by atoms with E-state index in [0.29, 0.717) is 0 Å². The van der Waals surface area contributed by atoms with E-state index in [0.717, 1.165) is 6.42 Å². The van der Waals surface area contributed by atoms with E-state index in [-0.39, 0.29) is 4.83 Å². The summed E-state index contributed by atoms with van der Waals surface area (Å²) in [7, 11) is -3.05. The normalized spacial score (nSPS) is 15.2. The van der Waals surface area contributed by atoms with Gasteiger partial charge in [-0.25, -0.2) is 8.42 Å². The molecule has 0 saturated carbocycles. The van der Waals surface area contributed by atoms with Gasteiger partial charge >= 0.3 is 0 Å². The lowest BCUT2D eigenvalue weighted by Crippen LogP contribution is -2.41. The third kappa shape index (κ3) is 3.04. The summed E-state index contributed by atoms with van der Waals surface area (Å²) >= 11 is 5.14. The molecule has 1 aromatic rings. The molecule has 0 bridgehead atoms. The number of hydrogen-bond donors (Lipinski definition) is 0. The van der Waals surface area contributed by atoms with Crippen molar-refractivity contribution in [3.63, 3.8) is 0 Å². The van der Waals surface area contributed by atoms with E-state index in [1.54, 1.807) is 25.2 Å². The Bertz CT molecular complexity index is 407. The van der Waals surface area contributed by atoms with Crippen LogP contribution in [0.4, 0.5) is 0 Å². The van der Waals surface area contributed by atoms with Crippen molar-refractivity contribution in [1.82, 2.24) is 0 Å². The van der Waals surface area contributed by atoms with E-state index in [9.17, 15) is 8.42 Å². The van der Waals surface area contributed by atoms with Crippen LogP contribution in [0.25, 0.3) is 0 Å². The van der Waals surface area contributed by atoms with Gasteiger partial charge in [-0.3, -0.25) is 0 Å². The maximum atomic E-state index is 11.6. The smallest absolute Gasteiger partial charge is 0.153 e. The van der Waals surface area contributed by atoms with Gasteiger partial charge in [0.05, 0.1) is 4.75 Å². The summed E-state index contributed by atoms with van der Waals surface area (Å²) in [5, 5.41) is 2.00. The second-order valence-corrected chi connectivity index (χ2v) is 8.86. The van der Waals surface area contributed by atoms with Crippen LogP contribution >= 0.6 is 27.3 Å². The Morgan fingerprint density at radius 1 is 1.53 bits per heavy atom. The molecular weight excluding hydrogens is 296 g/mol. The van der Waals surface area contributed by atoms with E-state index < -0.39 is 14.6 Å². The van der Waals surface area contributed by atoms with Crippen LogP contribution < -0.4 is 0 Å². The Morgan fingerprint density at radius 2 is 2.13 bits per heavy atom. The summed E-state index contributed by atoms with van der Waals surface area (Å²) in [6.07, 6.45) is 2.04. The van der Waals surface area contributed by atoms with Gasteiger partial charge in [-0.05, 0) is 31.7 Å². The Kier molecular flexibility index (Phi) is 4.01. The van der Waals surface area contributed by atoms with Crippen molar-refractivity contribution in [3.05, 3.63) is 22.4 Å². The Balaban J connectivity index is 2.81. The van der Waals surface area contributed by atoms with Crippen molar-refractivity contribution in [2.24, 2.45) is 0 Å². The van der Waals surface area contributed by atoms with Gasteiger partial charge < -0.3 is 0 Å². The van der Waals surface area contributed by atoms with Crippen molar-refractivity contribution in [2.45, 2.75) is 29.8 Å². The third-order valence-electron chi connectivity index (χ3n) is 2.67. The van der Waals surface area contributed by atoms with Gasteiger partial charge in [0.25, 0.3) is 0 Å². The van der Waals surface area contributed by atoms with Crippen molar-refractivity contribution >= 4 is 37.1 Å². The number of sulfone groups is 1. The Labute approximate surface area is 104 Å². The standard InChI is InChI=1S/C10H15BrO2S2/c1-10(2,15(3,12)13)9(11)7-8-5-4-6-14-8/h4-6,9H,7H2,1-3H3. The van der Waals surface area contributed by atoms with E-state index in [2.05, 4.69) is 15.9 Å². The second kappa shape index (κ2) is 4.55. The van der Waals surface area contributed by atoms with Crippen LogP contribution in [0.5, 0.6) is 0 Å². The molecule has 0 radical (unpaired) electrons. The molecule has 2 nitrogen and oxygen atoms in total. The van der Waals surface area contributed by atoms with Crippen LogP contribution in [0.2, 0.25) is 0 Å². The molecule has 1 unspecified atom stereocenters. The predicted octanol–water partition coefficient (Wildman–Crippen LogP) is 2.88. The van der Waals surface area contributed by atoms with Crippen LogP contribution in [0.1, 0.15) is 18.7 Å².